The largest absolute Gasteiger partial charge is 0.483 e. The minimum Gasteiger partial charge on any atom is -0.483 e. The Morgan fingerprint density at radius 3 is 2.46 bits per heavy atom. The molecule has 1 atom stereocenters. The van der Waals surface area contributed by atoms with Crippen LogP contribution in [0.4, 0.5) is 0 Å². The molecule has 0 heterocycles. The first-order valence-corrected chi connectivity index (χ1v) is 8.59. The van der Waals surface area contributed by atoms with E-state index in [-0.39, 0.29) is 18.6 Å². The van der Waals surface area contributed by atoms with E-state index in [1.165, 1.54) is 0 Å². The van der Waals surface area contributed by atoms with E-state index in [0.717, 1.165) is 28.9 Å². The molecule has 0 saturated carbocycles. The van der Waals surface area contributed by atoms with Gasteiger partial charge in [0.25, 0.3) is 5.91 Å². The lowest BCUT2D eigenvalue weighted by molar-refractivity contribution is -0.123. The Labute approximate surface area is 145 Å². The van der Waals surface area contributed by atoms with Crippen LogP contribution in [-0.2, 0) is 4.79 Å². The molecule has 0 aliphatic carbocycles. The maximum Gasteiger partial charge on any atom is 0.258 e. The van der Waals surface area contributed by atoms with Gasteiger partial charge in [0.05, 0.1) is 6.04 Å². The zero-order valence-electron chi connectivity index (χ0n) is 15.0. The Kier molecular flexibility index (Phi) is 6.42. The molecular formula is C21H27NO2. The lowest BCUT2D eigenvalue weighted by Crippen LogP contribution is -2.32. The van der Waals surface area contributed by atoms with E-state index in [1.807, 2.05) is 43.3 Å². The summed E-state index contributed by atoms with van der Waals surface area (Å²) in [6, 6.07) is 16.2. The summed E-state index contributed by atoms with van der Waals surface area (Å²) in [7, 11) is 0. The van der Waals surface area contributed by atoms with Gasteiger partial charge in [-0.2, -0.15) is 0 Å². The van der Waals surface area contributed by atoms with Crippen molar-refractivity contribution < 1.29 is 9.53 Å². The van der Waals surface area contributed by atoms with Gasteiger partial charge in [-0.25, -0.2) is 0 Å². The van der Waals surface area contributed by atoms with Crippen molar-refractivity contribution in [2.75, 3.05) is 6.61 Å². The van der Waals surface area contributed by atoms with Gasteiger partial charge in [0.2, 0.25) is 0 Å². The normalized spacial score (nSPS) is 12.0. The van der Waals surface area contributed by atoms with Crippen LogP contribution in [-0.4, -0.2) is 12.5 Å². The van der Waals surface area contributed by atoms with Crippen LogP contribution < -0.4 is 10.1 Å². The molecule has 0 radical (unpaired) electrons. The summed E-state index contributed by atoms with van der Waals surface area (Å²) in [4.78, 5) is 12.3. The number of ether oxygens (including phenoxy) is 1. The summed E-state index contributed by atoms with van der Waals surface area (Å²) in [6.45, 7) is 8.38. The number of hydrogen-bond acceptors (Lipinski definition) is 2. The molecule has 0 saturated heterocycles. The highest BCUT2D eigenvalue weighted by Gasteiger charge is 2.14. The third-order valence-electron chi connectivity index (χ3n) is 4.10. The number of rotatable bonds is 7. The molecule has 3 nitrogen and oxygen atoms in total. The second-order valence-electron chi connectivity index (χ2n) is 6.42. The molecule has 128 valence electrons. The predicted octanol–water partition coefficient (Wildman–Crippen LogP) is 4.76. The average molecular weight is 325 g/mol. The first-order valence-electron chi connectivity index (χ1n) is 8.59. The van der Waals surface area contributed by atoms with E-state index in [4.69, 9.17) is 4.74 Å². The molecule has 3 heteroatoms. The van der Waals surface area contributed by atoms with Gasteiger partial charge in [0.1, 0.15) is 5.75 Å². The van der Waals surface area contributed by atoms with E-state index in [9.17, 15) is 4.79 Å². The van der Waals surface area contributed by atoms with Crippen molar-refractivity contribution >= 4 is 5.91 Å². The number of hydrogen-bond donors (Lipinski definition) is 1. The summed E-state index contributed by atoms with van der Waals surface area (Å²) in [5, 5.41) is 3.05. The van der Waals surface area contributed by atoms with Crippen LogP contribution in [0.3, 0.4) is 0 Å². The predicted molar refractivity (Wildman–Crippen MR) is 98.4 cm³/mol. The van der Waals surface area contributed by atoms with Crippen LogP contribution in [0.5, 0.6) is 5.75 Å². The minimum absolute atomic E-state index is 0.0179. The van der Waals surface area contributed by atoms with Gasteiger partial charge in [-0.1, -0.05) is 63.2 Å². The fourth-order valence-electron chi connectivity index (χ4n) is 2.73. The fourth-order valence-corrected chi connectivity index (χ4v) is 2.73. The van der Waals surface area contributed by atoms with Crippen molar-refractivity contribution in [2.24, 2.45) is 0 Å². The molecule has 0 aliphatic heterocycles. The van der Waals surface area contributed by atoms with Crippen LogP contribution >= 0.6 is 0 Å². The third-order valence-corrected chi connectivity index (χ3v) is 4.10. The van der Waals surface area contributed by atoms with Crippen molar-refractivity contribution in [3.8, 4) is 5.75 Å². The second kappa shape index (κ2) is 8.53. The van der Waals surface area contributed by atoms with Gasteiger partial charge in [0, 0.05) is 0 Å². The molecular weight excluding hydrogens is 298 g/mol. The van der Waals surface area contributed by atoms with Gasteiger partial charge in [-0.3, -0.25) is 4.79 Å². The first kappa shape index (κ1) is 18.1. The lowest BCUT2D eigenvalue weighted by atomic mass is 10.0. The molecule has 0 aliphatic rings. The molecule has 24 heavy (non-hydrogen) atoms. The van der Waals surface area contributed by atoms with Crippen LogP contribution in [0, 0.1) is 6.92 Å². The van der Waals surface area contributed by atoms with Crippen LogP contribution in [0.1, 0.15) is 55.8 Å². The van der Waals surface area contributed by atoms with E-state index in [1.54, 1.807) is 0 Å². The molecule has 0 unspecified atom stereocenters. The monoisotopic (exact) mass is 325 g/mol. The Bertz CT molecular complexity index is 665. The van der Waals surface area contributed by atoms with E-state index < -0.39 is 0 Å². The van der Waals surface area contributed by atoms with E-state index >= 15 is 0 Å². The Balaban J connectivity index is 1.99. The zero-order chi connectivity index (χ0) is 17.5. The number of benzene rings is 2. The van der Waals surface area contributed by atoms with Gasteiger partial charge in [-0.05, 0) is 42.0 Å². The Morgan fingerprint density at radius 2 is 1.83 bits per heavy atom. The smallest absolute Gasteiger partial charge is 0.258 e. The molecule has 2 rings (SSSR count). The third kappa shape index (κ3) is 4.85. The standard InChI is InChI=1S/C21H27NO2/c1-5-19(17-9-7-6-8-10-17)22-21(23)14-24-20-13-16(4)11-12-18(20)15(2)3/h6-13,15,19H,5,14H2,1-4H3,(H,22,23)/t19-/m1/s1. The van der Waals surface area contributed by atoms with E-state index in [0.29, 0.717) is 5.92 Å². The average Bonchev–Trinajstić information content (AvgIpc) is 2.58. The minimum atomic E-state index is -0.0954. The lowest BCUT2D eigenvalue weighted by Gasteiger charge is -2.19. The van der Waals surface area contributed by atoms with Crippen LogP contribution in [0.15, 0.2) is 48.5 Å². The van der Waals surface area contributed by atoms with Gasteiger partial charge in [0.15, 0.2) is 6.61 Å². The van der Waals surface area contributed by atoms with Crippen molar-refractivity contribution in [1.29, 1.82) is 0 Å². The Hall–Kier alpha value is -2.29. The zero-order valence-corrected chi connectivity index (χ0v) is 15.0. The maximum atomic E-state index is 12.3. The summed E-state index contributed by atoms with van der Waals surface area (Å²) < 4.78 is 5.81. The van der Waals surface area contributed by atoms with Crippen molar-refractivity contribution in [3.05, 3.63) is 65.2 Å². The summed E-state index contributed by atoms with van der Waals surface area (Å²) in [5.74, 6) is 1.06. The quantitative estimate of drug-likeness (QED) is 0.796. The first-order chi connectivity index (χ1) is 11.5. The summed E-state index contributed by atoms with van der Waals surface area (Å²) >= 11 is 0. The number of amides is 1. The van der Waals surface area contributed by atoms with Crippen LogP contribution in [0.25, 0.3) is 0 Å². The molecule has 1 amide bonds. The van der Waals surface area contributed by atoms with Gasteiger partial charge in [-0.15, -0.1) is 0 Å². The van der Waals surface area contributed by atoms with Gasteiger partial charge >= 0.3 is 0 Å². The maximum absolute atomic E-state index is 12.3. The molecule has 2 aromatic carbocycles. The van der Waals surface area contributed by atoms with Gasteiger partial charge < -0.3 is 10.1 Å². The van der Waals surface area contributed by atoms with Crippen LogP contribution in [0.2, 0.25) is 0 Å². The highest BCUT2D eigenvalue weighted by Crippen LogP contribution is 2.27. The number of carbonyl (C=O) groups is 1. The van der Waals surface area contributed by atoms with E-state index in [2.05, 4.69) is 38.2 Å². The Morgan fingerprint density at radius 1 is 1.12 bits per heavy atom. The second-order valence-corrected chi connectivity index (χ2v) is 6.42. The molecule has 2 aromatic rings. The molecule has 1 N–H and O–H groups in total. The van der Waals surface area contributed by atoms with Crippen molar-refractivity contribution in [2.45, 2.75) is 46.1 Å². The number of carbonyl (C=O) groups excluding carboxylic acids is 1. The molecule has 0 bridgehead atoms. The molecule has 0 fully saturated rings. The summed E-state index contributed by atoms with van der Waals surface area (Å²) in [5.41, 5.74) is 3.38. The summed E-state index contributed by atoms with van der Waals surface area (Å²) in [6.07, 6.45) is 0.845. The fraction of sp³-hybridized carbons (Fsp3) is 0.381. The highest BCUT2D eigenvalue weighted by atomic mass is 16.5. The molecule has 0 spiro atoms. The SMILES string of the molecule is CC[C@@H](NC(=O)COc1cc(C)ccc1C(C)C)c1ccccc1. The molecule has 0 aromatic heterocycles. The number of nitrogens with one attached hydrogen (secondary N) is 1. The highest BCUT2D eigenvalue weighted by molar-refractivity contribution is 5.78. The van der Waals surface area contributed by atoms with Crippen molar-refractivity contribution in [3.63, 3.8) is 0 Å². The number of aryl methyl sites for hydroxylation is 1. The van der Waals surface area contributed by atoms with Crippen molar-refractivity contribution in [1.82, 2.24) is 5.32 Å². The topological polar surface area (TPSA) is 38.3 Å².